The molecule has 2 aromatic carbocycles. The molecule has 0 atom stereocenters. The first-order chi connectivity index (χ1) is 10.2. The van der Waals surface area contributed by atoms with E-state index in [1.807, 2.05) is 24.3 Å². The molecule has 0 spiro atoms. The van der Waals surface area contributed by atoms with Gasteiger partial charge in [-0.15, -0.1) is 0 Å². The number of carbonyl (C=O) groups is 1. The highest BCUT2D eigenvalue weighted by molar-refractivity contribution is 5.90. The molecule has 0 aliphatic heterocycles. The van der Waals surface area contributed by atoms with E-state index in [1.165, 1.54) is 0 Å². The molecule has 0 unspecified atom stereocenters. The summed E-state index contributed by atoms with van der Waals surface area (Å²) in [6.45, 7) is 0. The van der Waals surface area contributed by atoms with Gasteiger partial charge in [-0.1, -0.05) is 12.1 Å². The molecule has 2 amide bonds. The summed E-state index contributed by atoms with van der Waals surface area (Å²) < 4.78 is 5.07. The molecular weight excluding hydrogens is 266 g/mol. The third kappa shape index (κ3) is 4.58. The number of rotatable bonds is 4. The van der Waals surface area contributed by atoms with Crippen molar-refractivity contribution in [1.82, 2.24) is 5.32 Å². The second-order valence-electron chi connectivity index (χ2n) is 4.33. The zero-order valence-electron chi connectivity index (χ0n) is 11.7. The SMILES string of the molecule is COc1ccc(/C=C/NC(=O)Nc2ccc(N)cc2)cc1. The lowest BCUT2D eigenvalue weighted by Crippen LogP contribution is -2.23. The van der Waals surface area contributed by atoms with Gasteiger partial charge in [0.25, 0.3) is 0 Å². The summed E-state index contributed by atoms with van der Waals surface area (Å²) in [4.78, 5) is 11.7. The van der Waals surface area contributed by atoms with Crippen LogP contribution in [-0.4, -0.2) is 13.1 Å². The second-order valence-corrected chi connectivity index (χ2v) is 4.33. The lowest BCUT2D eigenvalue weighted by molar-refractivity contribution is 0.255. The number of urea groups is 1. The lowest BCUT2D eigenvalue weighted by Gasteiger charge is -2.04. The number of nitrogens with one attached hydrogen (secondary N) is 2. The number of nitrogens with two attached hydrogens (primary N) is 1. The predicted molar refractivity (Wildman–Crippen MR) is 85.0 cm³/mol. The van der Waals surface area contributed by atoms with Gasteiger partial charge < -0.3 is 21.1 Å². The molecule has 5 nitrogen and oxygen atoms in total. The molecule has 21 heavy (non-hydrogen) atoms. The Hall–Kier alpha value is -2.95. The topological polar surface area (TPSA) is 76.4 Å². The van der Waals surface area contributed by atoms with Gasteiger partial charge in [-0.2, -0.15) is 0 Å². The first-order valence-corrected chi connectivity index (χ1v) is 6.41. The summed E-state index contributed by atoms with van der Waals surface area (Å²) in [5.41, 5.74) is 7.87. The Morgan fingerprint density at radius 3 is 2.38 bits per heavy atom. The Labute approximate surface area is 123 Å². The van der Waals surface area contributed by atoms with Gasteiger partial charge in [0.15, 0.2) is 0 Å². The zero-order valence-corrected chi connectivity index (χ0v) is 11.7. The molecule has 0 aliphatic rings. The average Bonchev–Trinajstić information content (AvgIpc) is 2.50. The number of ether oxygens (including phenoxy) is 1. The smallest absolute Gasteiger partial charge is 0.323 e. The fourth-order valence-electron chi connectivity index (χ4n) is 1.66. The van der Waals surface area contributed by atoms with Crippen molar-refractivity contribution >= 4 is 23.5 Å². The van der Waals surface area contributed by atoms with Crippen LogP contribution in [0.4, 0.5) is 16.2 Å². The predicted octanol–water partition coefficient (Wildman–Crippen LogP) is 3.07. The number of benzene rings is 2. The van der Waals surface area contributed by atoms with Crippen molar-refractivity contribution in [3.05, 3.63) is 60.3 Å². The Balaban J connectivity index is 1.85. The van der Waals surface area contributed by atoms with Crippen molar-refractivity contribution in [1.29, 1.82) is 0 Å². The maximum absolute atomic E-state index is 11.7. The van der Waals surface area contributed by atoms with Crippen LogP contribution in [0.5, 0.6) is 5.75 Å². The van der Waals surface area contributed by atoms with E-state index in [1.54, 1.807) is 43.7 Å². The van der Waals surface area contributed by atoms with Crippen molar-refractivity contribution in [2.75, 3.05) is 18.2 Å². The quantitative estimate of drug-likeness (QED) is 0.755. The van der Waals surface area contributed by atoms with E-state index in [2.05, 4.69) is 10.6 Å². The average molecular weight is 283 g/mol. The molecule has 0 aromatic heterocycles. The van der Waals surface area contributed by atoms with Gasteiger partial charge in [0.05, 0.1) is 7.11 Å². The molecule has 2 rings (SSSR count). The van der Waals surface area contributed by atoms with Gasteiger partial charge in [0, 0.05) is 17.6 Å². The summed E-state index contributed by atoms with van der Waals surface area (Å²) >= 11 is 0. The molecule has 0 saturated carbocycles. The minimum absolute atomic E-state index is 0.315. The number of amides is 2. The summed E-state index contributed by atoms with van der Waals surface area (Å²) in [7, 11) is 1.62. The Morgan fingerprint density at radius 1 is 1.10 bits per heavy atom. The van der Waals surface area contributed by atoms with Crippen LogP contribution in [-0.2, 0) is 0 Å². The third-order valence-electron chi connectivity index (χ3n) is 2.77. The molecular formula is C16H17N3O2. The van der Waals surface area contributed by atoms with Gasteiger partial charge in [0.1, 0.15) is 5.75 Å². The number of anilines is 2. The van der Waals surface area contributed by atoms with Gasteiger partial charge in [-0.3, -0.25) is 0 Å². The molecule has 108 valence electrons. The molecule has 0 aliphatic carbocycles. The normalized spacial score (nSPS) is 10.3. The minimum atomic E-state index is -0.315. The molecule has 0 saturated heterocycles. The molecule has 4 N–H and O–H groups in total. The van der Waals surface area contributed by atoms with Crippen LogP contribution < -0.4 is 21.1 Å². The first-order valence-electron chi connectivity index (χ1n) is 6.41. The fourth-order valence-corrected chi connectivity index (χ4v) is 1.66. The van der Waals surface area contributed by atoms with Gasteiger partial charge in [-0.25, -0.2) is 4.79 Å². The van der Waals surface area contributed by atoms with Crippen LogP contribution in [0, 0.1) is 0 Å². The first kappa shape index (κ1) is 14.5. The van der Waals surface area contributed by atoms with Crippen LogP contribution in [0.15, 0.2) is 54.7 Å². The molecule has 0 heterocycles. The summed E-state index contributed by atoms with van der Waals surface area (Å²) in [6, 6.07) is 14.1. The highest BCUT2D eigenvalue weighted by Crippen LogP contribution is 2.12. The zero-order chi connectivity index (χ0) is 15.1. The van der Waals surface area contributed by atoms with E-state index >= 15 is 0 Å². The monoisotopic (exact) mass is 283 g/mol. The van der Waals surface area contributed by atoms with E-state index in [0.29, 0.717) is 11.4 Å². The number of hydrogen-bond acceptors (Lipinski definition) is 3. The van der Waals surface area contributed by atoms with Gasteiger partial charge >= 0.3 is 6.03 Å². The Bertz CT molecular complexity index is 619. The summed E-state index contributed by atoms with van der Waals surface area (Å²) in [5.74, 6) is 0.793. The highest BCUT2D eigenvalue weighted by Gasteiger charge is 1.98. The Kier molecular flexibility index (Phi) is 4.82. The molecule has 0 bridgehead atoms. The van der Waals surface area contributed by atoms with E-state index in [0.717, 1.165) is 11.3 Å². The van der Waals surface area contributed by atoms with Gasteiger partial charge in [0.2, 0.25) is 0 Å². The minimum Gasteiger partial charge on any atom is -0.497 e. The van der Waals surface area contributed by atoms with Crippen LogP contribution in [0.3, 0.4) is 0 Å². The van der Waals surface area contributed by atoms with E-state index < -0.39 is 0 Å². The van der Waals surface area contributed by atoms with Crippen molar-refractivity contribution in [2.45, 2.75) is 0 Å². The van der Waals surface area contributed by atoms with Crippen LogP contribution >= 0.6 is 0 Å². The molecule has 2 aromatic rings. The van der Waals surface area contributed by atoms with E-state index in [4.69, 9.17) is 10.5 Å². The van der Waals surface area contributed by atoms with Crippen molar-refractivity contribution in [2.24, 2.45) is 0 Å². The maximum atomic E-state index is 11.7. The highest BCUT2D eigenvalue weighted by atomic mass is 16.5. The fraction of sp³-hybridized carbons (Fsp3) is 0.0625. The standard InChI is InChI=1S/C16H17N3O2/c1-21-15-8-2-12(3-9-15)10-11-18-16(20)19-14-6-4-13(17)5-7-14/h2-11H,17H2,1H3,(H2,18,19,20)/b11-10+. The van der Waals surface area contributed by atoms with Crippen molar-refractivity contribution in [3.8, 4) is 5.75 Å². The number of methoxy groups -OCH3 is 1. The summed E-state index contributed by atoms with van der Waals surface area (Å²) in [5, 5.41) is 5.33. The number of hydrogen-bond donors (Lipinski definition) is 3. The number of carbonyl (C=O) groups excluding carboxylic acids is 1. The van der Waals surface area contributed by atoms with Crippen LogP contribution in [0.1, 0.15) is 5.56 Å². The van der Waals surface area contributed by atoms with E-state index in [-0.39, 0.29) is 6.03 Å². The third-order valence-corrected chi connectivity index (χ3v) is 2.77. The van der Waals surface area contributed by atoms with Crippen LogP contribution in [0.25, 0.3) is 6.08 Å². The summed E-state index contributed by atoms with van der Waals surface area (Å²) in [6.07, 6.45) is 3.37. The second kappa shape index (κ2) is 7.00. The van der Waals surface area contributed by atoms with Crippen molar-refractivity contribution < 1.29 is 9.53 Å². The molecule has 0 fully saturated rings. The largest absolute Gasteiger partial charge is 0.497 e. The van der Waals surface area contributed by atoms with E-state index in [9.17, 15) is 4.79 Å². The molecule has 5 heteroatoms. The van der Waals surface area contributed by atoms with Crippen molar-refractivity contribution in [3.63, 3.8) is 0 Å². The lowest BCUT2D eigenvalue weighted by atomic mass is 10.2. The molecule has 0 radical (unpaired) electrons. The van der Waals surface area contributed by atoms with Crippen LogP contribution in [0.2, 0.25) is 0 Å². The van der Waals surface area contributed by atoms with Gasteiger partial charge in [-0.05, 0) is 48.0 Å². The Morgan fingerprint density at radius 2 is 1.76 bits per heavy atom. The maximum Gasteiger partial charge on any atom is 0.323 e. The number of nitrogen functional groups attached to an aromatic ring is 1.